The second kappa shape index (κ2) is 8.42. The molecule has 0 radical (unpaired) electrons. The molecule has 3 aromatic rings. The zero-order chi connectivity index (χ0) is 24.9. The molecule has 8 nitrogen and oxygen atoms in total. The number of amides is 3. The maximum Gasteiger partial charge on any atom is 0.263 e. The van der Waals surface area contributed by atoms with Gasteiger partial charge in [0.25, 0.3) is 17.7 Å². The van der Waals surface area contributed by atoms with Gasteiger partial charge >= 0.3 is 0 Å². The summed E-state index contributed by atoms with van der Waals surface area (Å²) in [7, 11) is 0. The zero-order valence-electron chi connectivity index (χ0n) is 19.7. The molecule has 2 aliphatic heterocycles. The number of fused-ring (bicyclic) bond motifs is 4. The molecule has 9 heteroatoms. The second-order valence-corrected chi connectivity index (χ2v) is 10.5. The highest BCUT2D eigenvalue weighted by atomic mass is 32.1. The van der Waals surface area contributed by atoms with E-state index in [9.17, 15) is 14.4 Å². The average molecular weight is 491 g/mol. The van der Waals surface area contributed by atoms with Gasteiger partial charge in [-0.15, -0.1) is 11.3 Å². The van der Waals surface area contributed by atoms with Crippen molar-refractivity contribution >= 4 is 56.2 Å². The molecule has 5 rings (SSSR count). The van der Waals surface area contributed by atoms with E-state index in [0.29, 0.717) is 40.7 Å². The quantitative estimate of drug-likeness (QED) is 0.473. The molecule has 3 N–H and O–H groups in total. The summed E-state index contributed by atoms with van der Waals surface area (Å²) in [6.07, 6.45) is 1.27. The summed E-state index contributed by atoms with van der Waals surface area (Å²) in [5.41, 5.74) is 1.79. The maximum absolute atomic E-state index is 13.1. The van der Waals surface area contributed by atoms with Crippen LogP contribution in [0.3, 0.4) is 0 Å². The monoisotopic (exact) mass is 490 g/mol. The molecule has 3 amide bonds. The van der Waals surface area contributed by atoms with Crippen molar-refractivity contribution in [1.82, 2.24) is 5.32 Å². The third-order valence-corrected chi connectivity index (χ3v) is 7.16. The molecule has 1 aromatic heterocycles. The minimum atomic E-state index is -0.548. The third kappa shape index (κ3) is 4.23. The Balaban J connectivity index is 1.44. The molecule has 0 saturated carbocycles. The molecule has 0 saturated heterocycles. The van der Waals surface area contributed by atoms with Crippen molar-refractivity contribution in [2.45, 2.75) is 32.4 Å². The number of anilines is 3. The summed E-state index contributed by atoms with van der Waals surface area (Å²) in [5, 5.41) is 10.1. The number of thiophene rings is 1. The summed E-state index contributed by atoms with van der Waals surface area (Å²) in [6.45, 7) is 10.3. The largest absolute Gasteiger partial charge is 0.484 e. The lowest BCUT2D eigenvalue weighted by Crippen LogP contribution is -2.48. The van der Waals surface area contributed by atoms with Crippen LogP contribution in [-0.2, 0) is 4.79 Å². The highest BCUT2D eigenvalue weighted by molar-refractivity contribution is 7.21. The Bertz CT molecular complexity index is 1390. The predicted octanol–water partition coefficient (Wildman–Crippen LogP) is 4.39. The van der Waals surface area contributed by atoms with Gasteiger partial charge in [-0.3, -0.25) is 14.4 Å². The van der Waals surface area contributed by atoms with Gasteiger partial charge in [0.1, 0.15) is 16.2 Å². The fraction of sp³-hybridized carbons (Fsp3) is 0.269. The first kappa shape index (κ1) is 22.9. The van der Waals surface area contributed by atoms with Gasteiger partial charge in [-0.25, -0.2) is 0 Å². The smallest absolute Gasteiger partial charge is 0.263 e. The Kier molecular flexibility index (Phi) is 5.52. The van der Waals surface area contributed by atoms with Crippen molar-refractivity contribution in [1.29, 1.82) is 0 Å². The number of hydrogen-bond acceptors (Lipinski definition) is 6. The van der Waals surface area contributed by atoms with Gasteiger partial charge in [-0.1, -0.05) is 6.58 Å². The van der Waals surface area contributed by atoms with E-state index in [-0.39, 0.29) is 23.8 Å². The molecule has 2 aliphatic rings. The number of rotatable bonds is 3. The lowest BCUT2D eigenvalue weighted by Gasteiger charge is -2.39. The molecule has 3 heterocycles. The highest BCUT2D eigenvalue weighted by Gasteiger charge is 2.34. The first-order valence-corrected chi connectivity index (χ1v) is 12.2. The molecule has 180 valence electrons. The summed E-state index contributed by atoms with van der Waals surface area (Å²) in [4.78, 5) is 40.4. The van der Waals surface area contributed by atoms with Crippen LogP contribution >= 0.6 is 11.3 Å². The Hall–Kier alpha value is -3.85. The van der Waals surface area contributed by atoms with Crippen LogP contribution in [0.5, 0.6) is 5.75 Å². The van der Waals surface area contributed by atoms with Gasteiger partial charge in [0.05, 0.1) is 17.9 Å². The predicted molar refractivity (Wildman–Crippen MR) is 139 cm³/mol. The molecule has 35 heavy (non-hydrogen) atoms. The topological polar surface area (TPSA) is 99.8 Å². The van der Waals surface area contributed by atoms with Gasteiger partial charge in [0, 0.05) is 33.9 Å². The molecule has 0 aliphatic carbocycles. The highest BCUT2D eigenvalue weighted by Crippen LogP contribution is 2.40. The number of carbonyl (C=O) groups is 3. The minimum absolute atomic E-state index is 0.00901. The molecule has 0 fully saturated rings. The van der Waals surface area contributed by atoms with Crippen molar-refractivity contribution in [3.63, 3.8) is 0 Å². The average Bonchev–Trinajstić information content (AvgIpc) is 3.12. The fourth-order valence-corrected chi connectivity index (χ4v) is 5.43. The molecule has 2 aromatic carbocycles. The lowest BCUT2D eigenvalue weighted by atomic mass is 10.0. The van der Waals surface area contributed by atoms with E-state index in [1.54, 1.807) is 35.2 Å². The first-order valence-electron chi connectivity index (χ1n) is 11.3. The van der Waals surface area contributed by atoms with Crippen LogP contribution in [0, 0.1) is 0 Å². The van der Waals surface area contributed by atoms with Crippen LogP contribution in [0.2, 0.25) is 0 Å². The van der Waals surface area contributed by atoms with Crippen LogP contribution in [0.1, 0.15) is 40.8 Å². The van der Waals surface area contributed by atoms with E-state index < -0.39 is 5.60 Å². The first-order chi connectivity index (χ1) is 16.6. The molecular weight excluding hydrogens is 464 g/mol. The van der Waals surface area contributed by atoms with Crippen molar-refractivity contribution in [2.24, 2.45) is 0 Å². The minimum Gasteiger partial charge on any atom is -0.484 e. The third-order valence-electron chi connectivity index (χ3n) is 5.99. The molecule has 0 bridgehead atoms. The summed E-state index contributed by atoms with van der Waals surface area (Å²) >= 11 is 1.40. The van der Waals surface area contributed by atoms with E-state index in [0.717, 1.165) is 15.8 Å². The Labute approximate surface area is 206 Å². The van der Waals surface area contributed by atoms with Gasteiger partial charge < -0.3 is 25.6 Å². The Morgan fingerprint density at radius 2 is 2.06 bits per heavy atom. The number of nitrogens with one attached hydrogen (secondary N) is 3. The fourth-order valence-electron chi connectivity index (χ4n) is 4.37. The number of hydrogen-bond donors (Lipinski definition) is 3. The van der Waals surface area contributed by atoms with Gasteiger partial charge in [-0.05, 0) is 63.2 Å². The van der Waals surface area contributed by atoms with Gasteiger partial charge in [0.15, 0.2) is 0 Å². The van der Waals surface area contributed by atoms with Crippen molar-refractivity contribution in [2.75, 3.05) is 28.6 Å². The zero-order valence-corrected chi connectivity index (χ0v) is 20.5. The van der Waals surface area contributed by atoms with Crippen LogP contribution in [-0.4, -0.2) is 42.5 Å². The van der Waals surface area contributed by atoms with Gasteiger partial charge in [0.2, 0.25) is 0 Å². The molecule has 1 atom stereocenters. The lowest BCUT2D eigenvalue weighted by molar-refractivity contribution is -0.115. The van der Waals surface area contributed by atoms with Crippen LogP contribution in [0.15, 0.2) is 49.1 Å². The maximum atomic E-state index is 13.1. The number of ether oxygens (including phenoxy) is 1. The standard InChI is InChI=1S/C26H26N4O4S/c1-5-21(31)30-13-26(3,4)34-19-8-7-16(11-18(19)30)29-24(32)15-6-9-20-17(10-15)22-23(35-20)25(33)28-14(2)12-27-22/h5-11,14,27H,1,12-13H2,2-4H3,(H,28,33)(H,29,32). The Morgan fingerprint density at radius 3 is 2.83 bits per heavy atom. The SMILES string of the molecule is C=CC(=O)N1CC(C)(C)Oc2ccc(NC(=O)c3ccc4sc5c(c4c3)NCC(C)NC5=O)cc21. The normalized spacial score (nSPS) is 18.3. The summed E-state index contributed by atoms with van der Waals surface area (Å²) in [6, 6.07) is 10.6. The van der Waals surface area contributed by atoms with Gasteiger partial charge in [-0.2, -0.15) is 0 Å². The summed E-state index contributed by atoms with van der Waals surface area (Å²) in [5.74, 6) is -0.0735. The van der Waals surface area contributed by atoms with Crippen LogP contribution < -0.4 is 25.6 Å². The van der Waals surface area contributed by atoms with E-state index >= 15 is 0 Å². The van der Waals surface area contributed by atoms with Crippen molar-refractivity contribution in [3.8, 4) is 5.75 Å². The molecule has 0 spiro atoms. The van der Waals surface area contributed by atoms with Crippen molar-refractivity contribution < 1.29 is 19.1 Å². The van der Waals surface area contributed by atoms with Crippen LogP contribution in [0.4, 0.5) is 17.1 Å². The number of carbonyl (C=O) groups excluding carboxylic acids is 3. The van der Waals surface area contributed by atoms with E-state index in [4.69, 9.17) is 4.74 Å². The molecule has 1 unspecified atom stereocenters. The number of nitrogens with zero attached hydrogens (tertiary/aromatic N) is 1. The van der Waals surface area contributed by atoms with E-state index in [1.165, 1.54) is 17.4 Å². The van der Waals surface area contributed by atoms with E-state index in [1.807, 2.05) is 26.8 Å². The van der Waals surface area contributed by atoms with Crippen LogP contribution in [0.25, 0.3) is 10.1 Å². The number of benzene rings is 2. The van der Waals surface area contributed by atoms with Crippen molar-refractivity contribution in [3.05, 3.63) is 59.5 Å². The molecular formula is C26H26N4O4S. The summed E-state index contributed by atoms with van der Waals surface area (Å²) < 4.78 is 6.95. The second-order valence-electron chi connectivity index (χ2n) is 9.40. The van der Waals surface area contributed by atoms with E-state index in [2.05, 4.69) is 22.5 Å². The Morgan fingerprint density at radius 1 is 1.26 bits per heavy atom.